The minimum atomic E-state index is 0.150. The summed E-state index contributed by atoms with van der Waals surface area (Å²) in [6.07, 6.45) is 2.96. The van der Waals surface area contributed by atoms with Crippen LogP contribution in [0.3, 0.4) is 0 Å². The third kappa shape index (κ3) is 2.40. The van der Waals surface area contributed by atoms with Crippen LogP contribution in [0.1, 0.15) is 26.2 Å². The van der Waals surface area contributed by atoms with E-state index in [2.05, 4.69) is 24.9 Å². The van der Waals surface area contributed by atoms with Crippen molar-refractivity contribution in [3.8, 4) is 0 Å². The van der Waals surface area contributed by atoms with Crippen LogP contribution < -0.4 is 5.32 Å². The molecule has 2 atom stereocenters. The Morgan fingerprint density at radius 1 is 1.64 bits per heavy atom. The summed E-state index contributed by atoms with van der Waals surface area (Å²) in [6.45, 7) is 2.18. The lowest BCUT2D eigenvalue weighted by molar-refractivity contribution is -0.122. The molecule has 0 aromatic carbocycles. The molecular formula is C8H15NOS. The van der Waals surface area contributed by atoms with E-state index in [1.807, 2.05) is 0 Å². The van der Waals surface area contributed by atoms with Crippen LogP contribution in [-0.2, 0) is 4.79 Å². The zero-order chi connectivity index (χ0) is 8.27. The van der Waals surface area contributed by atoms with Crippen molar-refractivity contribution in [3.05, 3.63) is 0 Å². The highest BCUT2D eigenvalue weighted by Crippen LogP contribution is 2.26. The number of amides is 1. The Hall–Kier alpha value is -0.180. The normalized spacial score (nSPS) is 29.3. The zero-order valence-corrected chi connectivity index (χ0v) is 7.73. The van der Waals surface area contributed by atoms with Crippen molar-refractivity contribution in [2.45, 2.75) is 32.2 Å². The molecule has 0 heterocycles. The predicted octanol–water partition coefficient (Wildman–Crippen LogP) is 1.22. The summed E-state index contributed by atoms with van der Waals surface area (Å²) in [6, 6.07) is 0.447. The maximum Gasteiger partial charge on any atom is 0.221 e. The molecule has 1 rings (SSSR count). The van der Waals surface area contributed by atoms with Crippen molar-refractivity contribution < 1.29 is 4.79 Å². The zero-order valence-electron chi connectivity index (χ0n) is 6.84. The predicted molar refractivity (Wildman–Crippen MR) is 48.8 cm³/mol. The van der Waals surface area contributed by atoms with Crippen LogP contribution in [0.4, 0.5) is 0 Å². The first-order valence-electron chi connectivity index (χ1n) is 4.14. The van der Waals surface area contributed by atoms with Crippen molar-refractivity contribution >= 4 is 18.5 Å². The maximum absolute atomic E-state index is 11.0. The lowest BCUT2D eigenvalue weighted by atomic mass is 9.81. The third-order valence-corrected chi connectivity index (χ3v) is 2.53. The van der Waals surface area contributed by atoms with Crippen molar-refractivity contribution in [3.63, 3.8) is 0 Å². The second-order valence-electron chi connectivity index (χ2n) is 3.20. The highest BCUT2D eigenvalue weighted by Gasteiger charge is 2.27. The van der Waals surface area contributed by atoms with Crippen molar-refractivity contribution in [2.24, 2.45) is 5.92 Å². The first-order chi connectivity index (χ1) is 5.24. The first-order valence-corrected chi connectivity index (χ1v) is 4.77. The SMILES string of the molecule is CC1CCC1NC(=O)CCS. The van der Waals surface area contributed by atoms with Crippen molar-refractivity contribution in [1.29, 1.82) is 0 Å². The van der Waals surface area contributed by atoms with Gasteiger partial charge in [0.2, 0.25) is 5.91 Å². The molecule has 0 bridgehead atoms. The molecule has 64 valence electrons. The van der Waals surface area contributed by atoms with E-state index in [4.69, 9.17) is 0 Å². The van der Waals surface area contributed by atoms with E-state index in [1.165, 1.54) is 6.42 Å². The summed E-state index contributed by atoms with van der Waals surface area (Å²) in [5.41, 5.74) is 0. The van der Waals surface area contributed by atoms with E-state index in [0.717, 1.165) is 6.42 Å². The van der Waals surface area contributed by atoms with E-state index in [1.54, 1.807) is 0 Å². The topological polar surface area (TPSA) is 29.1 Å². The van der Waals surface area contributed by atoms with Gasteiger partial charge in [-0.2, -0.15) is 12.6 Å². The molecule has 2 unspecified atom stereocenters. The van der Waals surface area contributed by atoms with Gasteiger partial charge in [0.05, 0.1) is 0 Å². The molecule has 0 saturated heterocycles. The standard InChI is InChI=1S/C8H15NOS/c1-6-2-3-7(6)9-8(10)4-5-11/h6-7,11H,2-5H2,1H3,(H,9,10). The number of hydrogen-bond acceptors (Lipinski definition) is 2. The molecule has 1 aliphatic rings. The Morgan fingerprint density at radius 2 is 2.36 bits per heavy atom. The minimum Gasteiger partial charge on any atom is -0.353 e. The molecule has 1 N–H and O–H groups in total. The van der Waals surface area contributed by atoms with Gasteiger partial charge < -0.3 is 5.32 Å². The van der Waals surface area contributed by atoms with Gasteiger partial charge in [-0.25, -0.2) is 0 Å². The van der Waals surface area contributed by atoms with Gasteiger partial charge in [-0.3, -0.25) is 4.79 Å². The fourth-order valence-corrected chi connectivity index (χ4v) is 1.46. The molecule has 0 spiro atoms. The van der Waals surface area contributed by atoms with Gasteiger partial charge in [-0.05, 0) is 24.5 Å². The molecule has 3 heteroatoms. The highest BCUT2D eigenvalue weighted by molar-refractivity contribution is 7.80. The largest absolute Gasteiger partial charge is 0.353 e. The van der Waals surface area contributed by atoms with Gasteiger partial charge in [-0.15, -0.1) is 0 Å². The Bertz CT molecular complexity index is 149. The summed E-state index contributed by atoms with van der Waals surface area (Å²) in [5.74, 6) is 1.47. The molecule has 2 nitrogen and oxygen atoms in total. The molecule has 0 radical (unpaired) electrons. The molecular weight excluding hydrogens is 158 g/mol. The Morgan fingerprint density at radius 3 is 2.73 bits per heavy atom. The Balaban J connectivity index is 2.14. The van der Waals surface area contributed by atoms with E-state index >= 15 is 0 Å². The number of rotatable bonds is 3. The molecule has 11 heavy (non-hydrogen) atoms. The minimum absolute atomic E-state index is 0.150. The molecule has 1 amide bonds. The average Bonchev–Trinajstić information content (AvgIpc) is 1.98. The van der Waals surface area contributed by atoms with Crippen molar-refractivity contribution in [1.82, 2.24) is 5.32 Å². The van der Waals surface area contributed by atoms with Crippen LogP contribution in [0.25, 0.3) is 0 Å². The van der Waals surface area contributed by atoms with Crippen LogP contribution in [0.5, 0.6) is 0 Å². The molecule has 1 saturated carbocycles. The second kappa shape index (κ2) is 4.00. The highest BCUT2D eigenvalue weighted by atomic mass is 32.1. The molecule has 1 aliphatic carbocycles. The summed E-state index contributed by atoms with van der Waals surface area (Å²) in [7, 11) is 0. The van der Waals surface area contributed by atoms with Gasteiger partial charge in [-0.1, -0.05) is 6.92 Å². The van der Waals surface area contributed by atoms with E-state index < -0.39 is 0 Å². The van der Waals surface area contributed by atoms with E-state index in [-0.39, 0.29) is 5.91 Å². The maximum atomic E-state index is 11.0. The molecule has 1 fully saturated rings. The van der Waals surface area contributed by atoms with Gasteiger partial charge in [0.1, 0.15) is 0 Å². The molecule has 0 aliphatic heterocycles. The first kappa shape index (κ1) is 8.91. The summed E-state index contributed by atoms with van der Waals surface area (Å²) in [5, 5.41) is 2.98. The fourth-order valence-electron chi connectivity index (χ4n) is 1.26. The summed E-state index contributed by atoms with van der Waals surface area (Å²) >= 11 is 3.99. The Labute approximate surface area is 73.2 Å². The Kier molecular flexibility index (Phi) is 3.24. The van der Waals surface area contributed by atoms with E-state index in [9.17, 15) is 4.79 Å². The number of thiol groups is 1. The lowest BCUT2D eigenvalue weighted by Gasteiger charge is -2.34. The average molecular weight is 173 g/mol. The van der Waals surface area contributed by atoms with Crippen LogP contribution in [0.2, 0.25) is 0 Å². The van der Waals surface area contributed by atoms with Crippen LogP contribution in [0, 0.1) is 5.92 Å². The third-order valence-electron chi connectivity index (χ3n) is 2.31. The number of carbonyl (C=O) groups is 1. The van der Waals surface area contributed by atoms with E-state index in [0.29, 0.717) is 24.1 Å². The van der Waals surface area contributed by atoms with Crippen LogP contribution >= 0.6 is 12.6 Å². The summed E-state index contributed by atoms with van der Waals surface area (Å²) < 4.78 is 0. The lowest BCUT2D eigenvalue weighted by Crippen LogP contribution is -2.45. The van der Waals surface area contributed by atoms with Gasteiger partial charge >= 0.3 is 0 Å². The number of hydrogen-bond donors (Lipinski definition) is 2. The summed E-state index contributed by atoms with van der Waals surface area (Å²) in [4.78, 5) is 11.0. The smallest absolute Gasteiger partial charge is 0.221 e. The van der Waals surface area contributed by atoms with Crippen molar-refractivity contribution in [2.75, 3.05) is 5.75 Å². The second-order valence-corrected chi connectivity index (χ2v) is 3.65. The van der Waals surface area contributed by atoms with Gasteiger partial charge in [0.25, 0.3) is 0 Å². The number of nitrogens with one attached hydrogen (secondary N) is 1. The van der Waals surface area contributed by atoms with Crippen LogP contribution in [0.15, 0.2) is 0 Å². The molecule has 0 aromatic heterocycles. The van der Waals surface area contributed by atoms with Crippen LogP contribution in [-0.4, -0.2) is 17.7 Å². The monoisotopic (exact) mass is 173 g/mol. The van der Waals surface area contributed by atoms with Gasteiger partial charge in [0, 0.05) is 12.5 Å². The number of carbonyl (C=O) groups excluding carboxylic acids is 1. The van der Waals surface area contributed by atoms with Gasteiger partial charge in [0.15, 0.2) is 0 Å². The fraction of sp³-hybridized carbons (Fsp3) is 0.875. The molecule has 0 aromatic rings. The quantitative estimate of drug-likeness (QED) is 0.617.